The summed E-state index contributed by atoms with van der Waals surface area (Å²) in [5.74, 6) is -0.334. The van der Waals surface area contributed by atoms with Gasteiger partial charge in [0.05, 0.1) is 23.9 Å². The van der Waals surface area contributed by atoms with E-state index in [0.717, 1.165) is 0 Å². The standard InChI is InChI=1S/C14H20ClNO3/c1-4-14(10-18-3,13(17)19-5-2)16-12-9-7-6-8-11(12)15/h6-9,16H,4-5,10H2,1-3H3. The molecule has 0 aliphatic rings. The Bertz CT molecular complexity index is 425. The van der Waals surface area contributed by atoms with Gasteiger partial charge in [-0.15, -0.1) is 0 Å². The van der Waals surface area contributed by atoms with Gasteiger partial charge >= 0.3 is 5.97 Å². The monoisotopic (exact) mass is 285 g/mol. The minimum Gasteiger partial charge on any atom is -0.464 e. The predicted molar refractivity (Wildman–Crippen MR) is 76.6 cm³/mol. The van der Waals surface area contributed by atoms with E-state index >= 15 is 0 Å². The Morgan fingerprint density at radius 1 is 1.37 bits per heavy atom. The number of methoxy groups -OCH3 is 1. The lowest BCUT2D eigenvalue weighted by atomic mass is 9.96. The highest BCUT2D eigenvalue weighted by Gasteiger charge is 2.38. The van der Waals surface area contributed by atoms with Crippen molar-refractivity contribution in [1.82, 2.24) is 0 Å². The van der Waals surface area contributed by atoms with Crippen molar-refractivity contribution in [2.24, 2.45) is 0 Å². The Morgan fingerprint density at radius 2 is 2.05 bits per heavy atom. The molecule has 4 nitrogen and oxygen atoms in total. The summed E-state index contributed by atoms with van der Waals surface area (Å²) in [6.07, 6.45) is 0.533. The second-order valence-corrected chi connectivity index (χ2v) is 4.60. The smallest absolute Gasteiger partial charge is 0.334 e. The highest BCUT2D eigenvalue weighted by atomic mass is 35.5. The number of hydrogen-bond donors (Lipinski definition) is 1. The molecule has 0 fully saturated rings. The lowest BCUT2D eigenvalue weighted by Gasteiger charge is -2.32. The van der Waals surface area contributed by atoms with Crippen LogP contribution in [0.1, 0.15) is 20.3 Å². The van der Waals surface area contributed by atoms with Crippen LogP contribution in [-0.4, -0.2) is 31.8 Å². The quantitative estimate of drug-likeness (QED) is 0.782. The molecule has 19 heavy (non-hydrogen) atoms. The number of benzene rings is 1. The maximum Gasteiger partial charge on any atom is 0.334 e. The number of carbonyl (C=O) groups is 1. The van der Waals surface area contributed by atoms with Crippen LogP contribution in [0.15, 0.2) is 24.3 Å². The second-order valence-electron chi connectivity index (χ2n) is 4.19. The number of anilines is 1. The molecule has 0 aliphatic heterocycles. The van der Waals surface area contributed by atoms with E-state index in [0.29, 0.717) is 23.7 Å². The van der Waals surface area contributed by atoms with Crippen LogP contribution in [-0.2, 0) is 14.3 Å². The van der Waals surface area contributed by atoms with Gasteiger partial charge in [-0.1, -0.05) is 30.7 Å². The fourth-order valence-corrected chi connectivity index (χ4v) is 2.00. The van der Waals surface area contributed by atoms with Gasteiger partial charge in [-0.3, -0.25) is 0 Å². The fraction of sp³-hybridized carbons (Fsp3) is 0.500. The highest BCUT2D eigenvalue weighted by Crippen LogP contribution is 2.27. The van der Waals surface area contributed by atoms with E-state index in [4.69, 9.17) is 21.1 Å². The first kappa shape index (κ1) is 15.8. The zero-order valence-corrected chi connectivity index (χ0v) is 12.3. The number of rotatable bonds is 7. The molecule has 0 radical (unpaired) electrons. The molecule has 0 aliphatic carbocycles. The number of esters is 1. The van der Waals surface area contributed by atoms with Gasteiger partial charge in [0.25, 0.3) is 0 Å². The van der Waals surface area contributed by atoms with Crippen LogP contribution >= 0.6 is 11.6 Å². The summed E-state index contributed by atoms with van der Waals surface area (Å²) in [6, 6.07) is 7.28. The van der Waals surface area contributed by atoms with E-state index < -0.39 is 5.54 Å². The first-order chi connectivity index (χ1) is 9.09. The minimum atomic E-state index is -0.921. The Balaban J connectivity index is 3.03. The van der Waals surface area contributed by atoms with Crippen LogP contribution in [0.3, 0.4) is 0 Å². The van der Waals surface area contributed by atoms with Crippen molar-refractivity contribution < 1.29 is 14.3 Å². The molecular formula is C14H20ClNO3. The van der Waals surface area contributed by atoms with Gasteiger partial charge in [-0.05, 0) is 25.5 Å². The molecule has 1 aromatic carbocycles. The lowest BCUT2D eigenvalue weighted by Crippen LogP contribution is -2.51. The number of nitrogens with one attached hydrogen (secondary N) is 1. The van der Waals surface area contributed by atoms with Crippen molar-refractivity contribution in [2.45, 2.75) is 25.8 Å². The molecule has 0 amide bonds. The zero-order valence-electron chi connectivity index (χ0n) is 11.5. The molecule has 0 spiro atoms. The van der Waals surface area contributed by atoms with E-state index in [9.17, 15) is 4.79 Å². The molecule has 0 saturated heterocycles. The Morgan fingerprint density at radius 3 is 2.58 bits per heavy atom. The first-order valence-electron chi connectivity index (χ1n) is 6.28. The van der Waals surface area contributed by atoms with Crippen LogP contribution in [0.5, 0.6) is 0 Å². The molecule has 0 saturated carbocycles. The zero-order chi connectivity index (χ0) is 14.3. The molecule has 1 unspecified atom stereocenters. The molecule has 1 aromatic rings. The van der Waals surface area contributed by atoms with Crippen molar-refractivity contribution in [3.63, 3.8) is 0 Å². The van der Waals surface area contributed by atoms with Crippen LogP contribution < -0.4 is 5.32 Å². The summed E-state index contributed by atoms with van der Waals surface area (Å²) >= 11 is 6.11. The van der Waals surface area contributed by atoms with E-state index in [-0.39, 0.29) is 12.6 Å². The van der Waals surface area contributed by atoms with Gasteiger partial charge in [0.2, 0.25) is 0 Å². The number of carbonyl (C=O) groups excluding carboxylic acids is 1. The fourth-order valence-electron chi connectivity index (χ4n) is 1.82. The third-order valence-electron chi connectivity index (χ3n) is 2.91. The van der Waals surface area contributed by atoms with Crippen LogP contribution in [0.25, 0.3) is 0 Å². The minimum absolute atomic E-state index is 0.216. The predicted octanol–water partition coefficient (Wildman–Crippen LogP) is 3.11. The summed E-state index contributed by atoms with van der Waals surface area (Å²) in [5, 5.41) is 3.72. The first-order valence-corrected chi connectivity index (χ1v) is 6.66. The maximum absolute atomic E-state index is 12.2. The SMILES string of the molecule is CCOC(=O)C(CC)(COC)Nc1ccccc1Cl. The van der Waals surface area contributed by atoms with Crippen molar-refractivity contribution in [2.75, 3.05) is 25.6 Å². The highest BCUT2D eigenvalue weighted by molar-refractivity contribution is 6.33. The van der Waals surface area contributed by atoms with E-state index in [1.54, 1.807) is 20.1 Å². The van der Waals surface area contributed by atoms with Crippen LogP contribution in [0.4, 0.5) is 5.69 Å². The second kappa shape index (κ2) is 7.36. The Hall–Kier alpha value is -1.26. The lowest BCUT2D eigenvalue weighted by molar-refractivity contribution is -0.150. The van der Waals surface area contributed by atoms with Gasteiger partial charge in [0.15, 0.2) is 5.54 Å². The van der Waals surface area contributed by atoms with Crippen LogP contribution in [0, 0.1) is 0 Å². The van der Waals surface area contributed by atoms with Gasteiger partial charge in [-0.2, -0.15) is 0 Å². The average molecular weight is 286 g/mol. The topological polar surface area (TPSA) is 47.6 Å². The van der Waals surface area contributed by atoms with Gasteiger partial charge in [0.1, 0.15) is 0 Å². The molecule has 0 bridgehead atoms. The molecule has 0 heterocycles. The molecule has 1 N–H and O–H groups in total. The summed E-state index contributed by atoms with van der Waals surface area (Å²) in [6.45, 7) is 4.22. The summed E-state index contributed by atoms with van der Waals surface area (Å²) in [4.78, 5) is 12.2. The van der Waals surface area contributed by atoms with Gasteiger partial charge in [-0.25, -0.2) is 4.79 Å². The molecule has 1 rings (SSSR count). The maximum atomic E-state index is 12.2. The number of hydrogen-bond acceptors (Lipinski definition) is 4. The number of ether oxygens (including phenoxy) is 2. The molecule has 5 heteroatoms. The summed E-state index contributed by atoms with van der Waals surface area (Å²) in [5.41, 5.74) is -0.230. The third kappa shape index (κ3) is 3.85. The number of para-hydroxylation sites is 1. The van der Waals surface area contributed by atoms with E-state index in [1.165, 1.54) is 0 Å². The summed E-state index contributed by atoms with van der Waals surface area (Å²) in [7, 11) is 1.55. The van der Waals surface area contributed by atoms with Gasteiger partial charge < -0.3 is 14.8 Å². The van der Waals surface area contributed by atoms with Crippen molar-refractivity contribution in [3.05, 3.63) is 29.3 Å². The molecule has 106 valence electrons. The average Bonchev–Trinajstić information content (AvgIpc) is 2.41. The van der Waals surface area contributed by atoms with Gasteiger partial charge in [0, 0.05) is 7.11 Å². The Kier molecular flexibility index (Phi) is 6.12. The van der Waals surface area contributed by atoms with Crippen molar-refractivity contribution in [3.8, 4) is 0 Å². The van der Waals surface area contributed by atoms with E-state index in [2.05, 4.69) is 5.32 Å². The largest absolute Gasteiger partial charge is 0.464 e. The van der Waals surface area contributed by atoms with Crippen molar-refractivity contribution in [1.29, 1.82) is 0 Å². The third-order valence-corrected chi connectivity index (χ3v) is 3.24. The van der Waals surface area contributed by atoms with Crippen LogP contribution in [0.2, 0.25) is 5.02 Å². The normalized spacial score (nSPS) is 13.7. The Labute approximate surface area is 119 Å². The molecule has 0 aromatic heterocycles. The number of halogens is 1. The summed E-state index contributed by atoms with van der Waals surface area (Å²) < 4.78 is 10.3. The molecular weight excluding hydrogens is 266 g/mol. The molecule has 1 atom stereocenters. The van der Waals surface area contributed by atoms with Crippen molar-refractivity contribution >= 4 is 23.3 Å². The van der Waals surface area contributed by atoms with E-state index in [1.807, 2.05) is 25.1 Å².